The molecule has 0 heterocycles. The Morgan fingerprint density at radius 2 is 1.81 bits per heavy atom. The van der Waals surface area contributed by atoms with E-state index in [1.54, 1.807) is 7.05 Å². The topological polar surface area (TPSA) is 65.5 Å². The average Bonchev–Trinajstić information content (AvgIpc) is 2.66. The zero-order chi connectivity index (χ0) is 18.1. The lowest BCUT2D eigenvalue weighted by molar-refractivity contribution is 0.0955. The fourth-order valence-corrected chi connectivity index (χ4v) is 2.50. The number of nitrogens with one attached hydrogen (secondary N) is 3. The van der Waals surface area contributed by atoms with Crippen molar-refractivity contribution in [2.75, 3.05) is 13.6 Å². The van der Waals surface area contributed by atoms with Crippen LogP contribution in [0, 0.1) is 0 Å². The summed E-state index contributed by atoms with van der Waals surface area (Å²) in [7, 11) is 1.75. The molecule has 1 unspecified atom stereocenters. The van der Waals surface area contributed by atoms with Crippen molar-refractivity contribution >= 4 is 35.8 Å². The van der Waals surface area contributed by atoms with Gasteiger partial charge in [-0.25, -0.2) is 0 Å². The molecule has 0 bridgehead atoms. The summed E-state index contributed by atoms with van der Waals surface area (Å²) in [5.41, 5.74) is 2.89. The summed E-state index contributed by atoms with van der Waals surface area (Å²) in [4.78, 5) is 16.2. The van der Waals surface area contributed by atoms with Crippen molar-refractivity contribution in [3.63, 3.8) is 0 Å². The summed E-state index contributed by atoms with van der Waals surface area (Å²) in [6.07, 6.45) is 0. The molecule has 1 atom stereocenters. The molecule has 140 valence electrons. The first-order valence-corrected chi connectivity index (χ1v) is 8.53. The van der Waals surface area contributed by atoms with Crippen LogP contribution in [0.3, 0.4) is 0 Å². The van der Waals surface area contributed by atoms with Crippen LogP contribution in [0.2, 0.25) is 0 Å². The van der Waals surface area contributed by atoms with Crippen LogP contribution in [-0.4, -0.2) is 25.5 Å². The zero-order valence-electron chi connectivity index (χ0n) is 15.5. The van der Waals surface area contributed by atoms with E-state index in [1.807, 2.05) is 49.4 Å². The minimum atomic E-state index is -0.0513. The van der Waals surface area contributed by atoms with E-state index >= 15 is 0 Å². The van der Waals surface area contributed by atoms with Crippen molar-refractivity contribution in [3.8, 4) is 0 Å². The maximum absolute atomic E-state index is 11.9. The number of nitrogens with zero attached hydrogens (tertiary/aromatic N) is 1. The fraction of sp³-hybridized carbons (Fsp3) is 0.300. The summed E-state index contributed by atoms with van der Waals surface area (Å²) >= 11 is 0. The number of guanidine groups is 1. The molecular weight excluding hydrogens is 439 g/mol. The molecule has 5 nitrogen and oxygen atoms in total. The van der Waals surface area contributed by atoms with E-state index in [1.165, 1.54) is 5.56 Å². The van der Waals surface area contributed by atoms with Gasteiger partial charge in [0.25, 0.3) is 5.91 Å². The van der Waals surface area contributed by atoms with Crippen molar-refractivity contribution in [1.29, 1.82) is 0 Å². The van der Waals surface area contributed by atoms with E-state index in [-0.39, 0.29) is 35.9 Å². The van der Waals surface area contributed by atoms with Crippen LogP contribution in [-0.2, 0) is 6.54 Å². The lowest BCUT2D eigenvalue weighted by atomic mass is 10.1. The standard InChI is InChI=1S/C20H26N4O.HI/c1-4-22-19(25)18-12-8-9-16(13-18)14-23-20(21-3)24-15(2)17-10-6-5-7-11-17;/h5-13,15H,4,14H2,1-3H3,(H,22,25)(H2,21,23,24);1H. The molecule has 2 rings (SSSR count). The van der Waals surface area contributed by atoms with Gasteiger partial charge in [-0.2, -0.15) is 0 Å². The van der Waals surface area contributed by atoms with Gasteiger partial charge in [0.15, 0.2) is 5.96 Å². The predicted molar refractivity (Wildman–Crippen MR) is 118 cm³/mol. The van der Waals surface area contributed by atoms with Crippen LogP contribution in [0.5, 0.6) is 0 Å². The van der Waals surface area contributed by atoms with Crippen LogP contribution < -0.4 is 16.0 Å². The molecule has 3 N–H and O–H groups in total. The number of hydrogen-bond donors (Lipinski definition) is 3. The van der Waals surface area contributed by atoms with Gasteiger partial charge in [-0.1, -0.05) is 42.5 Å². The summed E-state index contributed by atoms with van der Waals surface area (Å²) < 4.78 is 0. The second-order valence-electron chi connectivity index (χ2n) is 5.76. The molecule has 26 heavy (non-hydrogen) atoms. The van der Waals surface area contributed by atoms with Gasteiger partial charge in [-0.05, 0) is 37.1 Å². The minimum absolute atomic E-state index is 0. The van der Waals surface area contributed by atoms with Gasteiger partial charge in [0.1, 0.15) is 0 Å². The van der Waals surface area contributed by atoms with E-state index < -0.39 is 0 Å². The number of hydrogen-bond acceptors (Lipinski definition) is 2. The van der Waals surface area contributed by atoms with Gasteiger partial charge >= 0.3 is 0 Å². The quantitative estimate of drug-likeness (QED) is 0.347. The van der Waals surface area contributed by atoms with Crippen LogP contribution in [0.25, 0.3) is 0 Å². The summed E-state index contributed by atoms with van der Waals surface area (Å²) in [6, 6.07) is 18.0. The Labute approximate surface area is 172 Å². The third-order valence-corrected chi connectivity index (χ3v) is 3.86. The Morgan fingerprint density at radius 3 is 2.46 bits per heavy atom. The first kappa shape index (κ1) is 22.0. The van der Waals surface area contributed by atoms with Gasteiger partial charge in [0, 0.05) is 25.7 Å². The molecular formula is C20H27IN4O. The summed E-state index contributed by atoms with van der Waals surface area (Å²) in [5.74, 6) is 0.671. The summed E-state index contributed by atoms with van der Waals surface area (Å²) in [6.45, 7) is 5.22. The van der Waals surface area contributed by atoms with Crippen LogP contribution in [0.1, 0.15) is 41.4 Å². The van der Waals surface area contributed by atoms with Crippen molar-refractivity contribution < 1.29 is 4.79 Å². The van der Waals surface area contributed by atoms with Crippen LogP contribution in [0.15, 0.2) is 59.6 Å². The Bertz CT molecular complexity index is 719. The van der Waals surface area contributed by atoms with Crippen LogP contribution in [0.4, 0.5) is 0 Å². The van der Waals surface area contributed by atoms with Crippen molar-refractivity contribution in [1.82, 2.24) is 16.0 Å². The molecule has 0 aliphatic carbocycles. The number of carbonyl (C=O) groups is 1. The molecule has 0 spiro atoms. The summed E-state index contributed by atoms with van der Waals surface area (Å²) in [5, 5.41) is 9.48. The first-order valence-electron chi connectivity index (χ1n) is 8.53. The SMILES string of the molecule is CCNC(=O)c1cccc(CNC(=NC)NC(C)c2ccccc2)c1.I. The number of halogens is 1. The van der Waals surface area contributed by atoms with Crippen molar-refractivity contribution in [2.24, 2.45) is 4.99 Å². The van der Waals surface area contributed by atoms with Gasteiger partial charge in [0.2, 0.25) is 0 Å². The Hall–Kier alpha value is -2.09. The Balaban J connectivity index is 0.00000338. The van der Waals surface area contributed by atoms with Crippen molar-refractivity contribution in [2.45, 2.75) is 26.4 Å². The highest BCUT2D eigenvalue weighted by Gasteiger charge is 2.08. The molecule has 2 aromatic carbocycles. The molecule has 0 aliphatic rings. The lowest BCUT2D eigenvalue weighted by Crippen LogP contribution is -2.38. The smallest absolute Gasteiger partial charge is 0.251 e. The largest absolute Gasteiger partial charge is 0.352 e. The zero-order valence-corrected chi connectivity index (χ0v) is 17.8. The highest BCUT2D eigenvalue weighted by Crippen LogP contribution is 2.11. The van der Waals surface area contributed by atoms with E-state index in [0.717, 1.165) is 11.5 Å². The number of amides is 1. The predicted octanol–water partition coefficient (Wildman–Crippen LogP) is 3.48. The molecule has 0 saturated heterocycles. The Morgan fingerprint density at radius 1 is 1.08 bits per heavy atom. The number of rotatable bonds is 6. The highest BCUT2D eigenvalue weighted by molar-refractivity contribution is 14.0. The van der Waals surface area contributed by atoms with Gasteiger partial charge in [-0.3, -0.25) is 9.79 Å². The molecule has 0 aromatic heterocycles. The maximum atomic E-state index is 11.9. The van der Waals surface area contributed by atoms with E-state index in [9.17, 15) is 4.79 Å². The lowest BCUT2D eigenvalue weighted by Gasteiger charge is -2.18. The number of carbonyl (C=O) groups excluding carboxylic acids is 1. The molecule has 0 saturated carbocycles. The highest BCUT2D eigenvalue weighted by atomic mass is 127. The van der Waals surface area contributed by atoms with Gasteiger partial charge < -0.3 is 16.0 Å². The van der Waals surface area contributed by atoms with Crippen LogP contribution >= 0.6 is 24.0 Å². The van der Waals surface area contributed by atoms with Crippen molar-refractivity contribution in [3.05, 3.63) is 71.3 Å². The number of benzene rings is 2. The molecule has 1 amide bonds. The molecule has 2 aromatic rings. The van der Waals surface area contributed by atoms with Gasteiger partial charge in [-0.15, -0.1) is 24.0 Å². The molecule has 0 fully saturated rings. The normalized spacial score (nSPS) is 11.9. The van der Waals surface area contributed by atoms with E-state index in [2.05, 4.69) is 40.0 Å². The second kappa shape index (κ2) is 11.5. The Kier molecular flexibility index (Phi) is 9.72. The minimum Gasteiger partial charge on any atom is -0.352 e. The van der Waals surface area contributed by atoms with Gasteiger partial charge in [0.05, 0.1) is 6.04 Å². The average molecular weight is 466 g/mol. The second-order valence-corrected chi connectivity index (χ2v) is 5.76. The van der Waals surface area contributed by atoms with E-state index in [0.29, 0.717) is 18.7 Å². The fourth-order valence-electron chi connectivity index (χ4n) is 2.50. The third kappa shape index (κ3) is 6.67. The number of aliphatic imine (C=N–C) groups is 1. The first-order chi connectivity index (χ1) is 12.1. The molecule has 6 heteroatoms. The third-order valence-electron chi connectivity index (χ3n) is 3.86. The maximum Gasteiger partial charge on any atom is 0.251 e. The molecule has 0 aliphatic heterocycles. The van der Waals surface area contributed by atoms with E-state index in [4.69, 9.17) is 0 Å². The monoisotopic (exact) mass is 466 g/mol. The molecule has 0 radical (unpaired) electrons.